The topological polar surface area (TPSA) is 41.6 Å². The Hall–Kier alpha value is -0.660. The number of hydrogen-bond acceptors (Lipinski definition) is 3. The molecule has 1 heterocycles. The predicted molar refractivity (Wildman–Crippen MR) is 84.3 cm³/mol. The Balaban J connectivity index is 1.85. The summed E-state index contributed by atoms with van der Waals surface area (Å²) < 4.78 is 6.79. The second-order valence-corrected chi connectivity index (χ2v) is 6.62. The lowest BCUT2D eigenvalue weighted by atomic mass is 10.1. The van der Waals surface area contributed by atoms with Gasteiger partial charge in [0.2, 0.25) is 5.91 Å². The standard InChI is InChI=1S/C14H19IN2O2/c1-14(2)10-17(7-8-19-14)9-13(18)16-12-5-3-11(15)4-6-12/h3-6H,7-10H2,1-2H3,(H,16,18). The zero-order chi connectivity index (χ0) is 13.9. The van der Waals surface area contributed by atoms with Gasteiger partial charge in [-0.05, 0) is 60.7 Å². The van der Waals surface area contributed by atoms with E-state index in [9.17, 15) is 4.79 Å². The number of benzene rings is 1. The number of carbonyl (C=O) groups is 1. The first-order valence-corrected chi connectivity index (χ1v) is 7.44. The minimum absolute atomic E-state index is 0.0268. The van der Waals surface area contributed by atoms with Crippen molar-refractivity contribution in [3.05, 3.63) is 27.8 Å². The van der Waals surface area contributed by atoms with Gasteiger partial charge in [0, 0.05) is 22.3 Å². The molecule has 0 radical (unpaired) electrons. The molecule has 2 rings (SSSR count). The van der Waals surface area contributed by atoms with E-state index in [0.29, 0.717) is 13.2 Å². The molecule has 1 aromatic carbocycles. The fourth-order valence-corrected chi connectivity index (χ4v) is 2.55. The van der Waals surface area contributed by atoms with Gasteiger partial charge in [-0.3, -0.25) is 9.69 Å². The number of ether oxygens (including phenoxy) is 1. The van der Waals surface area contributed by atoms with Crippen LogP contribution in [0.2, 0.25) is 0 Å². The third-order valence-corrected chi connectivity index (χ3v) is 3.72. The molecular formula is C14H19IN2O2. The molecule has 1 N–H and O–H groups in total. The fraction of sp³-hybridized carbons (Fsp3) is 0.500. The first-order valence-electron chi connectivity index (χ1n) is 6.36. The Labute approximate surface area is 127 Å². The molecule has 1 aliphatic heterocycles. The van der Waals surface area contributed by atoms with E-state index in [2.05, 4.69) is 46.7 Å². The van der Waals surface area contributed by atoms with Gasteiger partial charge < -0.3 is 10.1 Å². The van der Waals surface area contributed by atoms with Gasteiger partial charge >= 0.3 is 0 Å². The fourth-order valence-electron chi connectivity index (χ4n) is 2.19. The molecular weight excluding hydrogens is 355 g/mol. The summed E-state index contributed by atoms with van der Waals surface area (Å²) in [5.74, 6) is 0.0268. The summed E-state index contributed by atoms with van der Waals surface area (Å²) in [6, 6.07) is 7.80. The zero-order valence-corrected chi connectivity index (χ0v) is 13.4. The number of halogens is 1. The lowest BCUT2D eigenvalue weighted by Crippen LogP contribution is -2.50. The minimum atomic E-state index is -0.165. The van der Waals surface area contributed by atoms with Crippen molar-refractivity contribution in [2.45, 2.75) is 19.4 Å². The minimum Gasteiger partial charge on any atom is -0.373 e. The third-order valence-electron chi connectivity index (χ3n) is 3.00. The Morgan fingerprint density at radius 3 is 2.74 bits per heavy atom. The van der Waals surface area contributed by atoms with Gasteiger partial charge in [0.15, 0.2) is 0 Å². The zero-order valence-electron chi connectivity index (χ0n) is 11.3. The lowest BCUT2D eigenvalue weighted by molar-refractivity contribution is -0.122. The summed E-state index contributed by atoms with van der Waals surface area (Å²) in [5.41, 5.74) is 0.680. The van der Waals surface area contributed by atoms with Crippen LogP contribution in [0.5, 0.6) is 0 Å². The van der Waals surface area contributed by atoms with Crippen LogP contribution in [0.4, 0.5) is 5.69 Å². The molecule has 0 aliphatic carbocycles. The monoisotopic (exact) mass is 374 g/mol. The number of carbonyl (C=O) groups excluding carboxylic acids is 1. The van der Waals surface area contributed by atoms with Crippen molar-refractivity contribution < 1.29 is 9.53 Å². The molecule has 1 amide bonds. The van der Waals surface area contributed by atoms with Crippen LogP contribution in [0.3, 0.4) is 0 Å². The normalized spacial score (nSPS) is 19.1. The Morgan fingerprint density at radius 1 is 1.42 bits per heavy atom. The van der Waals surface area contributed by atoms with Crippen molar-refractivity contribution >= 4 is 34.2 Å². The van der Waals surface area contributed by atoms with E-state index in [1.165, 1.54) is 0 Å². The highest BCUT2D eigenvalue weighted by molar-refractivity contribution is 14.1. The Bertz CT molecular complexity index is 445. The van der Waals surface area contributed by atoms with Gasteiger partial charge in [-0.2, -0.15) is 0 Å². The van der Waals surface area contributed by atoms with Gasteiger partial charge in [0.05, 0.1) is 18.8 Å². The molecule has 104 valence electrons. The summed E-state index contributed by atoms with van der Waals surface area (Å²) in [5, 5.41) is 2.92. The van der Waals surface area contributed by atoms with Gasteiger partial charge in [0.1, 0.15) is 0 Å². The maximum absolute atomic E-state index is 12.0. The van der Waals surface area contributed by atoms with Crippen molar-refractivity contribution in [1.82, 2.24) is 4.90 Å². The average molecular weight is 374 g/mol. The maximum Gasteiger partial charge on any atom is 0.238 e. The van der Waals surface area contributed by atoms with Crippen molar-refractivity contribution in [2.24, 2.45) is 0 Å². The van der Waals surface area contributed by atoms with Crippen LogP contribution in [0.25, 0.3) is 0 Å². The van der Waals surface area contributed by atoms with E-state index in [1.54, 1.807) is 0 Å². The number of morpholine rings is 1. The summed E-state index contributed by atoms with van der Waals surface area (Å²) in [6.45, 7) is 6.80. The van der Waals surface area contributed by atoms with Crippen LogP contribution in [0.1, 0.15) is 13.8 Å². The largest absolute Gasteiger partial charge is 0.373 e. The second kappa shape index (κ2) is 6.19. The molecule has 0 spiro atoms. The molecule has 0 aromatic heterocycles. The second-order valence-electron chi connectivity index (χ2n) is 5.37. The van der Waals surface area contributed by atoms with Crippen molar-refractivity contribution in [3.63, 3.8) is 0 Å². The molecule has 1 fully saturated rings. The van der Waals surface area contributed by atoms with Crippen LogP contribution >= 0.6 is 22.6 Å². The molecule has 4 nitrogen and oxygen atoms in total. The van der Waals surface area contributed by atoms with E-state index in [4.69, 9.17) is 4.74 Å². The SMILES string of the molecule is CC1(C)CN(CC(=O)Nc2ccc(I)cc2)CCO1. The van der Waals surface area contributed by atoms with Crippen LogP contribution < -0.4 is 5.32 Å². The van der Waals surface area contributed by atoms with Crippen LogP contribution in [-0.2, 0) is 9.53 Å². The highest BCUT2D eigenvalue weighted by Crippen LogP contribution is 2.16. The molecule has 19 heavy (non-hydrogen) atoms. The number of nitrogens with one attached hydrogen (secondary N) is 1. The number of anilines is 1. The molecule has 0 bridgehead atoms. The van der Waals surface area contributed by atoms with Gasteiger partial charge in [-0.25, -0.2) is 0 Å². The highest BCUT2D eigenvalue weighted by Gasteiger charge is 2.27. The van der Waals surface area contributed by atoms with Crippen LogP contribution in [0, 0.1) is 3.57 Å². The number of rotatable bonds is 3. The van der Waals surface area contributed by atoms with Gasteiger partial charge in [0.25, 0.3) is 0 Å². The number of amides is 1. The smallest absolute Gasteiger partial charge is 0.238 e. The molecule has 0 saturated carbocycles. The molecule has 0 unspecified atom stereocenters. The van der Waals surface area contributed by atoms with Crippen molar-refractivity contribution in [2.75, 3.05) is 31.6 Å². The Kier molecular flexibility index (Phi) is 4.81. The first kappa shape index (κ1) is 14.7. The van der Waals surface area contributed by atoms with Gasteiger partial charge in [-0.15, -0.1) is 0 Å². The Morgan fingerprint density at radius 2 is 2.11 bits per heavy atom. The molecule has 1 saturated heterocycles. The number of hydrogen-bond donors (Lipinski definition) is 1. The summed E-state index contributed by atoms with van der Waals surface area (Å²) in [7, 11) is 0. The van der Waals surface area contributed by atoms with Crippen molar-refractivity contribution in [1.29, 1.82) is 0 Å². The first-order chi connectivity index (χ1) is 8.94. The number of nitrogens with zero attached hydrogens (tertiary/aromatic N) is 1. The van der Waals surface area contributed by atoms with Gasteiger partial charge in [-0.1, -0.05) is 0 Å². The average Bonchev–Trinajstić information content (AvgIpc) is 2.30. The molecule has 1 aromatic rings. The lowest BCUT2D eigenvalue weighted by Gasteiger charge is -2.37. The molecule has 1 aliphatic rings. The quantitative estimate of drug-likeness (QED) is 0.826. The highest BCUT2D eigenvalue weighted by atomic mass is 127. The summed E-state index contributed by atoms with van der Waals surface area (Å²) in [4.78, 5) is 14.1. The summed E-state index contributed by atoms with van der Waals surface area (Å²) >= 11 is 2.24. The third kappa shape index (κ3) is 4.74. The van der Waals surface area contributed by atoms with Crippen LogP contribution in [-0.4, -0.2) is 42.6 Å². The van der Waals surface area contributed by atoms with E-state index < -0.39 is 0 Å². The molecule has 0 atom stereocenters. The van der Waals surface area contributed by atoms with E-state index in [-0.39, 0.29) is 11.5 Å². The molecule has 5 heteroatoms. The van der Waals surface area contributed by atoms with E-state index in [1.807, 2.05) is 24.3 Å². The van der Waals surface area contributed by atoms with Crippen LogP contribution in [0.15, 0.2) is 24.3 Å². The predicted octanol–water partition coefficient (Wildman–Crippen LogP) is 2.34. The van der Waals surface area contributed by atoms with E-state index >= 15 is 0 Å². The summed E-state index contributed by atoms with van der Waals surface area (Å²) in [6.07, 6.45) is 0. The van der Waals surface area contributed by atoms with E-state index in [0.717, 1.165) is 22.3 Å². The van der Waals surface area contributed by atoms with Crippen molar-refractivity contribution in [3.8, 4) is 0 Å². The maximum atomic E-state index is 12.0.